The van der Waals surface area contributed by atoms with Crippen LogP contribution < -0.4 is 5.32 Å². The van der Waals surface area contributed by atoms with Gasteiger partial charge in [0.05, 0.1) is 16.4 Å². The topological polar surface area (TPSA) is 67.2 Å². The van der Waals surface area contributed by atoms with Gasteiger partial charge in [0.2, 0.25) is 5.91 Å². The Balaban J connectivity index is 2.54. The van der Waals surface area contributed by atoms with E-state index in [1.54, 1.807) is 4.68 Å². The number of aromatic nitrogens is 2. The number of amides is 1. The molecule has 1 amide bonds. The summed E-state index contributed by atoms with van der Waals surface area (Å²) in [6.07, 6.45) is 0.652. The number of hydrogen-bond donors (Lipinski definition) is 2. The average molecular weight is 288 g/mol. The molecule has 19 heavy (non-hydrogen) atoms. The summed E-state index contributed by atoms with van der Waals surface area (Å²) >= 11 is 6.03. The molecule has 1 heterocycles. The van der Waals surface area contributed by atoms with Crippen molar-refractivity contribution in [2.45, 2.75) is 40.7 Å². The Labute approximate surface area is 118 Å². The van der Waals surface area contributed by atoms with Gasteiger partial charge in [-0.3, -0.25) is 9.48 Å². The number of carbonyl (C=O) groups is 1. The smallest absolute Gasteiger partial charge is 0.241 e. The van der Waals surface area contributed by atoms with Crippen molar-refractivity contribution in [3.63, 3.8) is 0 Å². The van der Waals surface area contributed by atoms with Crippen LogP contribution >= 0.6 is 11.6 Å². The fourth-order valence-corrected chi connectivity index (χ4v) is 1.89. The van der Waals surface area contributed by atoms with Gasteiger partial charge in [0.15, 0.2) is 0 Å². The molecule has 0 aliphatic heterocycles. The lowest BCUT2D eigenvalue weighted by molar-refractivity contribution is -0.122. The summed E-state index contributed by atoms with van der Waals surface area (Å²) in [5, 5.41) is 16.6. The normalized spacial score (nSPS) is 11.7. The van der Waals surface area contributed by atoms with Crippen LogP contribution in [0.5, 0.6) is 0 Å². The fraction of sp³-hybridized carbons (Fsp3) is 0.692. The van der Waals surface area contributed by atoms with E-state index in [0.29, 0.717) is 18.0 Å². The largest absolute Gasteiger partial charge is 0.396 e. The van der Waals surface area contributed by atoms with Gasteiger partial charge in [0.1, 0.15) is 6.54 Å². The third kappa shape index (κ3) is 4.51. The Morgan fingerprint density at radius 3 is 2.58 bits per heavy atom. The molecule has 6 heteroatoms. The van der Waals surface area contributed by atoms with Crippen molar-refractivity contribution in [3.8, 4) is 0 Å². The molecule has 0 saturated carbocycles. The number of aliphatic hydroxyl groups excluding tert-OH is 1. The molecule has 0 spiro atoms. The van der Waals surface area contributed by atoms with Crippen molar-refractivity contribution in [1.82, 2.24) is 15.1 Å². The van der Waals surface area contributed by atoms with Crippen molar-refractivity contribution in [2.75, 3.05) is 13.2 Å². The summed E-state index contributed by atoms with van der Waals surface area (Å²) in [6.45, 7) is 8.47. The number of halogens is 1. The van der Waals surface area contributed by atoms with Crippen LogP contribution in [0, 0.1) is 19.3 Å². The second-order valence-corrected chi connectivity index (χ2v) is 5.93. The Hall–Kier alpha value is -1.07. The molecule has 0 bridgehead atoms. The molecule has 5 nitrogen and oxygen atoms in total. The van der Waals surface area contributed by atoms with Crippen LogP contribution in [0.3, 0.4) is 0 Å². The van der Waals surface area contributed by atoms with Crippen LogP contribution in [-0.4, -0.2) is 33.9 Å². The Kier molecular flexibility index (Phi) is 5.38. The van der Waals surface area contributed by atoms with Crippen LogP contribution in [0.2, 0.25) is 5.02 Å². The van der Waals surface area contributed by atoms with Gasteiger partial charge < -0.3 is 10.4 Å². The van der Waals surface area contributed by atoms with E-state index in [0.717, 1.165) is 11.4 Å². The summed E-state index contributed by atoms with van der Waals surface area (Å²) in [5.74, 6) is -0.103. The van der Waals surface area contributed by atoms with Crippen LogP contribution in [-0.2, 0) is 11.3 Å². The maximum atomic E-state index is 11.9. The number of nitrogens with one attached hydrogen (secondary N) is 1. The van der Waals surface area contributed by atoms with Gasteiger partial charge in [0.25, 0.3) is 0 Å². The van der Waals surface area contributed by atoms with Crippen molar-refractivity contribution in [3.05, 3.63) is 16.4 Å². The lowest BCUT2D eigenvalue weighted by Gasteiger charge is -2.23. The van der Waals surface area contributed by atoms with E-state index < -0.39 is 0 Å². The number of aliphatic hydroxyl groups is 1. The van der Waals surface area contributed by atoms with Gasteiger partial charge in [-0.2, -0.15) is 5.10 Å². The van der Waals surface area contributed by atoms with Gasteiger partial charge >= 0.3 is 0 Å². The zero-order valence-electron chi connectivity index (χ0n) is 12.0. The monoisotopic (exact) mass is 287 g/mol. The van der Waals surface area contributed by atoms with E-state index in [4.69, 9.17) is 16.7 Å². The van der Waals surface area contributed by atoms with Crippen molar-refractivity contribution in [1.29, 1.82) is 0 Å². The second kappa shape index (κ2) is 6.39. The first-order valence-electron chi connectivity index (χ1n) is 6.34. The van der Waals surface area contributed by atoms with E-state index in [2.05, 4.69) is 10.4 Å². The molecule has 0 radical (unpaired) electrons. The number of nitrogens with zero attached hydrogens (tertiary/aromatic N) is 2. The Morgan fingerprint density at radius 2 is 2.11 bits per heavy atom. The molecule has 0 saturated heterocycles. The first-order valence-corrected chi connectivity index (χ1v) is 6.71. The molecule has 1 aromatic rings. The van der Waals surface area contributed by atoms with Crippen LogP contribution in [0.25, 0.3) is 0 Å². The van der Waals surface area contributed by atoms with E-state index in [1.807, 2.05) is 27.7 Å². The third-order valence-electron chi connectivity index (χ3n) is 3.14. The van der Waals surface area contributed by atoms with Crippen molar-refractivity contribution >= 4 is 17.5 Å². The zero-order chi connectivity index (χ0) is 14.6. The number of aryl methyl sites for hydroxylation is 1. The van der Waals surface area contributed by atoms with E-state index >= 15 is 0 Å². The minimum Gasteiger partial charge on any atom is -0.396 e. The summed E-state index contributed by atoms with van der Waals surface area (Å²) in [4.78, 5) is 11.9. The van der Waals surface area contributed by atoms with Gasteiger partial charge in [0, 0.05) is 13.2 Å². The summed E-state index contributed by atoms with van der Waals surface area (Å²) in [7, 11) is 0. The zero-order valence-corrected chi connectivity index (χ0v) is 12.7. The van der Waals surface area contributed by atoms with E-state index in [1.165, 1.54) is 0 Å². The average Bonchev–Trinajstić information content (AvgIpc) is 2.55. The fourth-order valence-electron chi connectivity index (χ4n) is 1.75. The third-order valence-corrected chi connectivity index (χ3v) is 3.69. The minimum atomic E-state index is -0.114. The van der Waals surface area contributed by atoms with Gasteiger partial charge in [-0.05, 0) is 25.7 Å². The predicted molar refractivity (Wildman–Crippen MR) is 75.2 cm³/mol. The first-order chi connectivity index (χ1) is 8.76. The molecule has 0 atom stereocenters. The van der Waals surface area contributed by atoms with Crippen molar-refractivity contribution < 1.29 is 9.90 Å². The van der Waals surface area contributed by atoms with Crippen LogP contribution in [0.1, 0.15) is 31.7 Å². The highest BCUT2D eigenvalue weighted by Gasteiger charge is 2.19. The van der Waals surface area contributed by atoms with Gasteiger partial charge in [-0.1, -0.05) is 25.4 Å². The molecule has 1 rings (SSSR count). The standard InChI is InChI=1S/C13H22ClN3O2/c1-9-12(14)10(2)17(16-9)7-11(19)15-8-13(3,4)5-6-18/h18H,5-8H2,1-4H3,(H,15,19). The van der Waals surface area contributed by atoms with Crippen LogP contribution in [0.4, 0.5) is 0 Å². The molecule has 0 aliphatic rings. The minimum absolute atomic E-state index is 0.103. The number of hydrogen-bond acceptors (Lipinski definition) is 3. The quantitative estimate of drug-likeness (QED) is 0.836. The van der Waals surface area contributed by atoms with Gasteiger partial charge in [-0.25, -0.2) is 0 Å². The van der Waals surface area contributed by atoms with E-state index in [9.17, 15) is 4.79 Å². The highest BCUT2D eigenvalue weighted by molar-refractivity contribution is 6.31. The first kappa shape index (κ1) is 16.0. The molecule has 0 unspecified atom stereocenters. The number of rotatable bonds is 6. The Bertz CT molecular complexity index is 455. The SMILES string of the molecule is Cc1nn(CC(=O)NCC(C)(C)CCO)c(C)c1Cl. The molecule has 0 aromatic carbocycles. The highest BCUT2D eigenvalue weighted by atomic mass is 35.5. The Morgan fingerprint density at radius 1 is 1.47 bits per heavy atom. The molecule has 1 aromatic heterocycles. The summed E-state index contributed by atoms with van der Waals surface area (Å²) < 4.78 is 1.60. The number of carbonyl (C=O) groups excluding carboxylic acids is 1. The molecular weight excluding hydrogens is 266 g/mol. The maximum Gasteiger partial charge on any atom is 0.241 e. The molecule has 108 valence electrons. The lowest BCUT2D eigenvalue weighted by Crippen LogP contribution is -2.36. The van der Waals surface area contributed by atoms with E-state index in [-0.39, 0.29) is 24.5 Å². The molecule has 0 fully saturated rings. The van der Waals surface area contributed by atoms with Crippen molar-refractivity contribution in [2.24, 2.45) is 5.41 Å². The highest BCUT2D eigenvalue weighted by Crippen LogP contribution is 2.19. The molecule has 0 aliphatic carbocycles. The van der Waals surface area contributed by atoms with Crippen LogP contribution in [0.15, 0.2) is 0 Å². The second-order valence-electron chi connectivity index (χ2n) is 5.56. The molecule has 2 N–H and O–H groups in total. The van der Waals surface area contributed by atoms with Gasteiger partial charge in [-0.15, -0.1) is 0 Å². The molecular formula is C13H22ClN3O2. The summed E-state index contributed by atoms with van der Waals surface area (Å²) in [5.41, 5.74) is 1.41. The predicted octanol–water partition coefficient (Wildman–Crippen LogP) is 1.68. The lowest BCUT2D eigenvalue weighted by atomic mass is 9.90. The maximum absolute atomic E-state index is 11.9. The summed E-state index contributed by atoms with van der Waals surface area (Å²) in [6, 6.07) is 0.